The van der Waals surface area contributed by atoms with Crippen LogP contribution >= 0.6 is 0 Å². The Balaban J connectivity index is 0.00000320. The van der Waals surface area contributed by atoms with Gasteiger partial charge in [0.05, 0.1) is 6.61 Å². The van der Waals surface area contributed by atoms with Crippen LogP contribution < -0.4 is 27.0 Å². The molecule has 1 aromatic heterocycles. The predicted molar refractivity (Wildman–Crippen MR) is 110 cm³/mol. The first-order valence-electron chi connectivity index (χ1n) is 9.92. The zero-order valence-electron chi connectivity index (χ0n) is 17.3. The number of carbonyl (C=O) groups excluding carboxylic acids is 1. The first-order chi connectivity index (χ1) is 13.9. The van der Waals surface area contributed by atoms with Gasteiger partial charge in [0, 0.05) is 30.4 Å². The molecule has 0 bridgehead atoms. The predicted octanol–water partition coefficient (Wildman–Crippen LogP) is -0.501. The van der Waals surface area contributed by atoms with Gasteiger partial charge in [-0.2, -0.15) is 8.87 Å². The highest BCUT2D eigenvalue weighted by molar-refractivity contribution is 7.89. The molecule has 3 rings (SSSR count). The summed E-state index contributed by atoms with van der Waals surface area (Å²) in [5.41, 5.74) is 1.48. The highest BCUT2D eigenvalue weighted by Crippen LogP contribution is 2.31. The number of halogens is 1. The average Bonchev–Trinajstić information content (AvgIpc) is 2.70. The minimum Gasteiger partial charge on any atom is -1.00 e. The van der Waals surface area contributed by atoms with Gasteiger partial charge in [-0.05, 0) is 51.0 Å². The Morgan fingerprint density at radius 3 is 2.60 bits per heavy atom. The molecule has 0 radical (unpaired) electrons. The van der Waals surface area contributed by atoms with Crippen molar-refractivity contribution in [1.82, 2.24) is 4.31 Å². The van der Waals surface area contributed by atoms with Crippen LogP contribution in [0.1, 0.15) is 31.7 Å². The molecule has 1 fully saturated rings. The van der Waals surface area contributed by atoms with Crippen LogP contribution in [0.15, 0.2) is 47.6 Å². The van der Waals surface area contributed by atoms with Crippen LogP contribution in [0.4, 0.5) is 5.69 Å². The first-order valence-corrected chi connectivity index (χ1v) is 11.4. The molecule has 1 saturated heterocycles. The molecule has 30 heavy (non-hydrogen) atoms. The summed E-state index contributed by atoms with van der Waals surface area (Å²) >= 11 is 0. The van der Waals surface area contributed by atoms with Crippen LogP contribution in [-0.4, -0.2) is 38.3 Å². The number of rotatable bonds is 7. The summed E-state index contributed by atoms with van der Waals surface area (Å²) in [4.78, 5) is 12.5. The smallest absolute Gasteiger partial charge is 0.290 e. The Morgan fingerprint density at radius 2 is 1.93 bits per heavy atom. The number of carbonyl (C=O) groups is 1. The third-order valence-corrected chi connectivity index (χ3v) is 6.71. The fourth-order valence-electron chi connectivity index (χ4n) is 3.42. The number of hydrogen-bond donors (Lipinski definition) is 1. The number of aryl methyl sites for hydroxylation is 1. The van der Waals surface area contributed by atoms with Crippen molar-refractivity contribution in [2.45, 2.75) is 44.6 Å². The quantitative estimate of drug-likeness (QED) is 0.573. The van der Waals surface area contributed by atoms with Crippen molar-refractivity contribution in [2.75, 3.05) is 25.0 Å². The van der Waals surface area contributed by atoms with Crippen LogP contribution in [0.25, 0.3) is 0 Å². The standard InChI is InChI=1S/C21H27N3O4S.ClH/c1-3-28-19-10-9-18(22-21(25)16-23-11-7-8-17(2)15-23)14-20(19)29(26,27)24-12-5-4-6-13-24;/h7-11,14-15H,3-6,12-13,16H2,1-2H3;1H. The lowest BCUT2D eigenvalue weighted by Crippen LogP contribution is -3.00. The summed E-state index contributed by atoms with van der Waals surface area (Å²) in [6.45, 7) is 5.29. The van der Waals surface area contributed by atoms with E-state index in [1.165, 1.54) is 10.4 Å². The molecule has 2 heterocycles. The molecule has 0 unspecified atom stereocenters. The molecule has 1 N–H and O–H groups in total. The van der Waals surface area contributed by atoms with E-state index in [0.29, 0.717) is 31.1 Å². The lowest BCUT2D eigenvalue weighted by atomic mass is 10.2. The first kappa shape index (κ1) is 24.1. The number of ether oxygens (including phenoxy) is 1. The highest BCUT2D eigenvalue weighted by atomic mass is 35.5. The van der Waals surface area contributed by atoms with Crippen molar-refractivity contribution in [2.24, 2.45) is 0 Å². The van der Waals surface area contributed by atoms with Gasteiger partial charge in [0.1, 0.15) is 10.6 Å². The number of aromatic nitrogens is 1. The van der Waals surface area contributed by atoms with Gasteiger partial charge in [-0.25, -0.2) is 8.42 Å². The highest BCUT2D eigenvalue weighted by Gasteiger charge is 2.29. The summed E-state index contributed by atoms with van der Waals surface area (Å²) in [6, 6.07) is 8.60. The van der Waals surface area contributed by atoms with Crippen molar-refractivity contribution in [3.8, 4) is 5.75 Å². The number of nitrogens with zero attached hydrogens (tertiary/aromatic N) is 2. The van der Waals surface area contributed by atoms with Crippen molar-refractivity contribution in [3.63, 3.8) is 0 Å². The van der Waals surface area contributed by atoms with Gasteiger partial charge in [-0.3, -0.25) is 4.79 Å². The molecule has 2 aromatic rings. The molecule has 1 amide bonds. The fraction of sp³-hybridized carbons (Fsp3) is 0.429. The molecule has 1 aromatic carbocycles. The van der Waals surface area contributed by atoms with Crippen molar-refractivity contribution >= 4 is 21.6 Å². The average molecular weight is 454 g/mol. The second kappa shape index (κ2) is 10.7. The molecular formula is C21H28ClN3O4S. The number of nitrogens with one attached hydrogen (secondary N) is 1. The third kappa shape index (κ3) is 5.93. The maximum absolute atomic E-state index is 13.2. The number of benzene rings is 1. The number of pyridine rings is 1. The second-order valence-electron chi connectivity index (χ2n) is 7.16. The minimum absolute atomic E-state index is 0. The zero-order chi connectivity index (χ0) is 20.9. The van der Waals surface area contributed by atoms with Gasteiger partial charge in [0.2, 0.25) is 16.6 Å². The Labute approximate surface area is 184 Å². The van der Waals surface area contributed by atoms with E-state index in [-0.39, 0.29) is 29.8 Å². The fourth-order valence-corrected chi connectivity index (χ4v) is 5.10. The molecule has 0 spiro atoms. The topological polar surface area (TPSA) is 79.6 Å². The van der Waals surface area contributed by atoms with Crippen LogP contribution in [0.3, 0.4) is 0 Å². The Kier molecular flexibility index (Phi) is 8.64. The molecule has 0 aliphatic carbocycles. The second-order valence-corrected chi connectivity index (χ2v) is 9.07. The van der Waals surface area contributed by atoms with Gasteiger partial charge < -0.3 is 22.5 Å². The minimum atomic E-state index is -3.69. The summed E-state index contributed by atoms with van der Waals surface area (Å²) in [5.74, 6) is 0.0789. The largest absolute Gasteiger partial charge is 1.00 e. The maximum Gasteiger partial charge on any atom is 0.290 e. The summed E-state index contributed by atoms with van der Waals surface area (Å²) < 4.78 is 35.2. The van der Waals surface area contributed by atoms with Gasteiger partial charge in [0.25, 0.3) is 5.91 Å². The summed E-state index contributed by atoms with van der Waals surface area (Å²) in [5, 5.41) is 2.80. The van der Waals surface area contributed by atoms with Crippen molar-refractivity contribution in [3.05, 3.63) is 48.3 Å². The SMILES string of the molecule is CCOc1ccc(NC(=O)C[n+]2cccc(C)c2)cc1S(=O)(=O)N1CCCCC1.[Cl-]. The molecular weight excluding hydrogens is 426 g/mol. The van der Waals surface area contributed by atoms with Crippen LogP contribution in [0, 0.1) is 6.92 Å². The number of sulfonamides is 1. The van der Waals surface area contributed by atoms with E-state index in [1.54, 1.807) is 16.7 Å². The third-order valence-electron chi connectivity index (χ3n) is 4.79. The van der Waals surface area contributed by atoms with E-state index in [1.807, 2.05) is 38.4 Å². The number of amides is 1. The lowest BCUT2D eigenvalue weighted by molar-refractivity contribution is -0.684. The summed E-state index contributed by atoms with van der Waals surface area (Å²) in [6.07, 6.45) is 6.44. The Hall–Kier alpha value is -2.16. The molecule has 0 atom stereocenters. The van der Waals surface area contributed by atoms with Crippen LogP contribution in [0.2, 0.25) is 0 Å². The van der Waals surface area contributed by atoms with E-state index in [0.717, 1.165) is 24.8 Å². The monoisotopic (exact) mass is 453 g/mol. The molecule has 164 valence electrons. The summed E-state index contributed by atoms with van der Waals surface area (Å²) in [7, 11) is -3.69. The van der Waals surface area contributed by atoms with Crippen molar-refractivity contribution < 1.29 is 34.9 Å². The molecule has 9 heteroatoms. The molecule has 7 nitrogen and oxygen atoms in total. The van der Waals surface area contributed by atoms with E-state index in [4.69, 9.17) is 4.74 Å². The van der Waals surface area contributed by atoms with E-state index >= 15 is 0 Å². The zero-order valence-corrected chi connectivity index (χ0v) is 18.9. The normalized spacial score (nSPS) is 14.6. The number of piperidine rings is 1. The van der Waals surface area contributed by atoms with Crippen molar-refractivity contribution in [1.29, 1.82) is 0 Å². The number of hydrogen-bond acceptors (Lipinski definition) is 4. The van der Waals surface area contributed by atoms with Gasteiger partial charge >= 0.3 is 0 Å². The Bertz CT molecular complexity index is 976. The van der Waals surface area contributed by atoms with Gasteiger partial charge in [-0.1, -0.05) is 6.42 Å². The van der Waals surface area contributed by atoms with E-state index < -0.39 is 10.0 Å². The van der Waals surface area contributed by atoms with E-state index in [9.17, 15) is 13.2 Å². The Morgan fingerprint density at radius 1 is 1.20 bits per heavy atom. The maximum atomic E-state index is 13.2. The van der Waals surface area contributed by atoms with Gasteiger partial charge in [-0.15, -0.1) is 0 Å². The van der Waals surface area contributed by atoms with Crippen LogP contribution in [-0.2, 0) is 21.4 Å². The molecule has 0 saturated carbocycles. The number of anilines is 1. The van der Waals surface area contributed by atoms with Gasteiger partial charge in [0.15, 0.2) is 12.4 Å². The van der Waals surface area contributed by atoms with E-state index in [2.05, 4.69) is 5.32 Å². The molecule has 1 aliphatic heterocycles. The molecule has 1 aliphatic rings. The lowest BCUT2D eigenvalue weighted by Gasteiger charge is -2.26. The van der Waals surface area contributed by atoms with Crippen LogP contribution in [0.5, 0.6) is 5.75 Å².